The van der Waals surface area contributed by atoms with E-state index in [-0.39, 0.29) is 54.2 Å². The van der Waals surface area contributed by atoms with Crippen LogP contribution in [0.3, 0.4) is 0 Å². The molecule has 0 bridgehead atoms. The van der Waals surface area contributed by atoms with Crippen LogP contribution in [0.1, 0.15) is 36.2 Å². The van der Waals surface area contributed by atoms with Gasteiger partial charge < -0.3 is 24.8 Å². The highest BCUT2D eigenvalue weighted by Gasteiger charge is 2.24. The molecule has 0 spiro atoms. The molecule has 0 heterocycles. The van der Waals surface area contributed by atoms with Crippen molar-refractivity contribution in [1.29, 1.82) is 0 Å². The monoisotopic (exact) mass is 555 g/mol. The third kappa shape index (κ3) is 9.10. The lowest BCUT2D eigenvalue weighted by molar-refractivity contribution is -0.144. The van der Waals surface area contributed by atoms with Gasteiger partial charge in [-0.3, -0.25) is 4.79 Å². The van der Waals surface area contributed by atoms with Gasteiger partial charge in [0.15, 0.2) is 5.75 Å². The first-order valence-corrected chi connectivity index (χ1v) is 14.0. The Morgan fingerprint density at radius 2 is 1.62 bits per heavy atom. The van der Waals surface area contributed by atoms with Crippen molar-refractivity contribution < 1.29 is 32.2 Å². The number of esters is 2. The van der Waals surface area contributed by atoms with Crippen LogP contribution in [0, 0.1) is 0 Å². The minimum Gasteiger partial charge on any atom is -0.462 e. The van der Waals surface area contributed by atoms with E-state index in [4.69, 9.17) is 19.3 Å². The van der Waals surface area contributed by atoms with Crippen molar-refractivity contribution in [1.82, 2.24) is 5.32 Å². The molecule has 0 radical (unpaired) electrons. The van der Waals surface area contributed by atoms with Crippen LogP contribution >= 0.6 is 0 Å². The van der Waals surface area contributed by atoms with E-state index in [1.807, 2.05) is 37.3 Å². The molecule has 208 valence electrons. The predicted molar refractivity (Wildman–Crippen MR) is 147 cm³/mol. The number of benzene rings is 3. The largest absolute Gasteiger partial charge is 0.462 e. The zero-order valence-electron chi connectivity index (χ0n) is 21.9. The molecule has 39 heavy (non-hydrogen) atoms. The molecular weight excluding hydrogens is 522 g/mol. The van der Waals surface area contributed by atoms with E-state index < -0.39 is 22.0 Å². The quantitative estimate of drug-likeness (QED) is 0.253. The zero-order valence-corrected chi connectivity index (χ0v) is 22.7. The molecule has 0 aliphatic carbocycles. The van der Waals surface area contributed by atoms with E-state index in [2.05, 4.69) is 10.6 Å². The Bertz CT molecular complexity index is 1350. The van der Waals surface area contributed by atoms with Gasteiger partial charge in [0.1, 0.15) is 17.3 Å². The first-order chi connectivity index (χ1) is 18.7. The van der Waals surface area contributed by atoms with Crippen LogP contribution in [0.25, 0.3) is 0 Å². The lowest BCUT2D eigenvalue weighted by Gasteiger charge is -2.21. The van der Waals surface area contributed by atoms with Crippen molar-refractivity contribution in [2.45, 2.75) is 37.8 Å². The van der Waals surface area contributed by atoms with Gasteiger partial charge in [-0.15, -0.1) is 0 Å². The van der Waals surface area contributed by atoms with Crippen molar-refractivity contribution in [3.63, 3.8) is 0 Å². The number of ether oxygens (including phenoxy) is 3. The summed E-state index contributed by atoms with van der Waals surface area (Å²) >= 11 is 0. The number of para-hydroxylation sites is 1. The Labute approximate surface area is 228 Å². The van der Waals surface area contributed by atoms with Crippen molar-refractivity contribution >= 4 is 27.6 Å². The lowest BCUT2D eigenvalue weighted by atomic mass is 10.1. The van der Waals surface area contributed by atoms with Crippen LogP contribution in [0.2, 0.25) is 0 Å². The van der Waals surface area contributed by atoms with Gasteiger partial charge in [-0.1, -0.05) is 55.5 Å². The Morgan fingerprint density at radius 1 is 0.949 bits per heavy atom. The third-order valence-electron chi connectivity index (χ3n) is 5.65. The molecule has 1 unspecified atom stereocenters. The Morgan fingerprint density at radius 3 is 2.23 bits per heavy atom. The van der Waals surface area contributed by atoms with Crippen molar-refractivity contribution in [3.05, 3.63) is 83.9 Å². The molecule has 0 fully saturated rings. The summed E-state index contributed by atoms with van der Waals surface area (Å²) in [5, 5.41) is 11.8. The summed E-state index contributed by atoms with van der Waals surface area (Å²) in [4.78, 5) is 24.4. The Hall–Kier alpha value is -3.93. The molecule has 0 amide bonds. The molecule has 3 aromatic rings. The highest BCUT2D eigenvalue weighted by Crippen LogP contribution is 2.37. The summed E-state index contributed by atoms with van der Waals surface area (Å²) < 4.78 is 41.4. The standard InChI is InChI=1S/C28H33N3O7S/c1-3-22(30-18-26(32)37-19-20-11-7-5-8-12-20)17-31-24-15-21(28(33)36-4-2)16-25(39(29,34)35)27(24)38-23-13-9-6-10-14-23/h5-16,22,30-31H,3-4,17-19H2,1-2H3,(H2,29,34,35). The Balaban J connectivity index is 1.79. The molecule has 3 aromatic carbocycles. The second kappa shape index (κ2) is 14.3. The van der Waals surface area contributed by atoms with Crippen LogP contribution < -0.4 is 20.5 Å². The summed E-state index contributed by atoms with van der Waals surface area (Å²) in [6.07, 6.45) is 0.632. The minimum absolute atomic E-state index is 0.00529. The van der Waals surface area contributed by atoms with Gasteiger partial charge >= 0.3 is 11.9 Å². The molecule has 4 N–H and O–H groups in total. The molecule has 0 saturated carbocycles. The maximum Gasteiger partial charge on any atom is 0.338 e. The number of carbonyl (C=O) groups excluding carboxylic acids is 2. The van der Waals surface area contributed by atoms with Gasteiger partial charge in [-0.05, 0) is 43.2 Å². The third-order valence-corrected chi connectivity index (χ3v) is 6.56. The lowest BCUT2D eigenvalue weighted by Crippen LogP contribution is -2.38. The first-order valence-electron chi connectivity index (χ1n) is 12.5. The molecule has 10 nitrogen and oxygen atoms in total. The number of sulfonamides is 1. The topological polar surface area (TPSA) is 146 Å². The fourth-order valence-electron chi connectivity index (χ4n) is 3.60. The molecule has 0 aliphatic rings. The highest BCUT2D eigenvalue weighted by atomic mass is 32.2. The average molecular weight is 556 g/mol. The SMILES string of the molecule is CCOC(=O)c1cc(NCC(CC)NCC(=O)OCc2ccccc2)c(Oc2ccccc2)c(S(N)(=O)=O)c1. The van der Waals surface area contributed by atoms with Gasteiger partial charge in [0.25, 0.3) is 0 Å². The number of hydrogen-bond acceptors (Lipinski definition) is 9. The zero-order chi connectivity index (χ0) is 28.3. The second-order valence-electron chi connectivity index (χ2n) is 8.54. The molecule has 3 rings (SSSR count). The van der Waals surface area contributed by atoms with E-state index in [0.717, 1.165) is 11.6 Å². The second-order valence-corrected chi connectivity index (χ2v) is 10.1. The molecule has 11 heteroatoms. The summed E-state index contributed by atoms with van der Waals surface area (Å²) in [5.74, 6) is -0.802. The van der Waals surface area contributed by atoms with Gasteiger partial charge in [-0.2, -0.15) is 0 Å². The summed E-state index contributed by atoms with van der Waals surface area (Å²) in [7, 11) is -4.29. The summed E-state index contributed by atoms with van der Waals surface area (Å²) in [5.41, 5.74) is 1.10. The van der Waals surface area contributed by atoms with Gasteiger partial charge in [-0.25, -0.2) is 18.4 Å². The van der Waals surface area contributed by atoms with E-state index in [0.29, 0.717) is 12.2 Å². The number of carbonyl (C=O) groups is 2. The average Bonchev–Trinajstić information content (AvgIpc) is 2.93. The number of hydrogen-bond donors (Lipinski definition) is 3. The minimum atomic E-state index is -4.29. The van der Waals surface area contributed by atoms with Crippen LogP contribution in [0.5, 0.6) is 11.5 Å². The summed E-state index contributed by atoms with van der Waals surface area (Å²) in [6.45, 7) is 4.10. The molecular formula is C28H33N3O7S. The number of nitrogens with two attached hydrogens (primary N) is 1. The fraction of sp³-hybridized carbons (Fsp3) is 0.286. The number of rotatable bonds is 14. The molecule has 0 aliphatic heterocycles. The number of primary sulfonamides is 1. The van der Waals surface area contributed by atoms with Crippen LogP contribution in [-0.4, -0.2) is 46.1 Å². The normalized spacial score (nSPS) is 11.9. The van der Waals surface area contributed by atoms with Crippen LogP contribution in [0.4, 0.5) is 5.69 Å². The smallest absolute Gasteiger partial charge is 0.338 e. The molecule has 1 atom stereocenters. The number of nitrogens with one attached hydrogen (secondary N) is 2. The van der Waals surface area contributed by atoms with E-state index in [1.165, 1.54) is 6.07 Å². The van der Waals surface area contributed by atoms with Crippen molar-refractivity contribution in [3.8, 4) is 11.5 Å². The fourth-order valence-corrected chi connectivity index (χ4v) is 4.30. The van der Waals surface area contributed by atoms with E-state index >= 15 is 0 Å². The van der Waals surface area contributed by atoms with Crippen molar-refractivity contribution in [2.24, 2.45) is 5.14 Å². The first kappa shape index (κ1) is 29.6. The van der Waals surface area contributed by atoms with Gasteiger partial charge in [0.2, 0.25) is 10.0 Å². The maximum absolute atomic E-state index is 12.5. The predicted octanol–water partition coefficient (Wildman–Crippen LogP) is 3.83. The van der Waals surface area contributed by atoms with Gasteiger partial charge in [0.05, 0.1) is 24.4 Å². The van der Waals surface area contributed by atoms with E-state index in [9.17, 15) is 18.0 Å². The number of anilines is 1. The molecule has 0 aromatic heterocycles. The summed E-state index contributed by atoms with van der Waals surface area (Å²) in [6, 6.07) is 20.3. The highest BCUT2D eigenvalue weighted by molar-refractivity contribution is 7.89. The van der Waals surface area contributed by atoms with Crippen LogP contribution in [0.15, 0.2) is 77.7 Å². The Kier molecular flexibility index (Phi) is 10.9. The van der Waals surface area contributed by atoms with E-state index in [1.54, 1.807) is 37.3 Å². The molecule has 0 saturated heterocycles. The van der Waals surface area contributed by atoms with Crippen LogP contribution in [-0.2, 0) is 30.9 Å². The van der Waals surface area contributed by atoms with Gasteiger partial charge in [0, 0.05) is 12.6 Å². The maximum atomic E-state index is 12.5. The van der Waals surface area contributed by atoms with Crippen molar-refractivity contribution in [2.75, 3.05) is 25.0 Å².